The minimum absolute atomic E-state index is 0.255. The molecule has 2 aliphatic carbocycles. The van der Waals surface area contributed by atoms with Crippen molar-refractivity contribution >= 4 is 0 Å². The van der Waals surface area contributed by atoms with Crippen molar-refractivity contribution in [1.29, 1.82) is 0 Å². The molecular formula is C17H24O. The summed E-state index contributed by atoms with van der Waals surface area (Å²) in [6, 6.07) is 6.41. The van der Waals surface area contributed by atoms with Gasteiger partial charge in [0.25, 0.3) is 0 Å². The van der Waals surface area contributed by atoms with E-state index in [-0.39, 0.29) is 6.10 Å². The topological polar surface area (TPSA) is 20.2 Å². The van der Waals surface area contributed by atoms with Crippen LogP contribution in [0, 0.1) is 31.6 Å². The maximum Gasteiger partial charge on any atom is 0.0795 e. The van der Waals surface area contributed by atoms with Crippen LogP contribution in [0.4, 0.5) is 0 Å². The highest BCUT2D eigenvalue weighted by atomic mass is 16.3. The summed E-state index contributed by atoms with van der Waals surface area (Å²) in [5, 5.41) is 10.5. The second-order valence-corrected chi connectivity index (χ2v) is 6.55. The fraction of sp³-hybridized carbons (Fsp3) is 0.647. The van der Waals surface area contributed by atoms with Gasteiger partial charge in [-0.05, 0) is 68.4 Å². The van der Waals surface area contributed by atoms with E-state index in [2.05, 4.69) is 32.0 Å². The Bertz CT molecular complexity index is 437. The van der Waals surface area contributed by atoms with Crippen molar-refractivity contribution in [1.82, 2.24) is 0 Å². The number of aliphatic hydroxyl groups excluding tert-OH is 1. The fourth-order valence-corrected chi connectivity index (χ4v) is 4.28. The van der Waals surface area contributed by atoms with E-state index in [0.717, 1.165) is 29.7 Å². The van der Waals surface area contributed by atoms with E-state index >= 15 is 0 Å². The molecule has 0 radical (unpaired) electrons. The minimum atomic E-state index is -0.255. The van der Waals surface area contributed by atoms with Crippen molar-refractivity contribution < 1.29 is 5.11 Å². The molecule has 0 heterocycles. The zero-order valence-corrected chi connectivity index (χ0v) is 11.5. The number of fused-ring (bicyclic) bond motifs is 2. The fourth-order valence-electron chi connectivity index (χ4n) is 4.28. The summed E-state index contributed by atoms with van der Waals surface area (Å²) >= 11 is 0. The number of hydrogen-bond donors (Lipinski definition) is 1. The molecule has 18 heavy (non-hydrogen) atoms. The Morgan fingerprint density at radius 2 is 2.06 bits per heavy atom. The number of rotatable bonds is 3. The average molecular weight is 244 g/mol. The number of hydrogen-bond acceptors (Lipinski definition) is 1. The summed E-state index contributed by atoms with van der Waals surface area (Å²) in [5.41, 5.74) is 3.66. The van der Waals surface area contributed by atoms with Crippen LogP contribution in [0.2, 0.25) is 0 Å². The molecule has 1 heteroatoms. The van der Waals surface area contributed by atoms with Crippen LogP contribution in [0.5, 0.6) is 0 Å². The van der Waals surface area contributed by atoms with Crippen LogP contribution in [0.15, 0.2) is 18.2 Å². The first-order valence-corrected chi connectivity index (χ1v) is 7.38. The summed E-state index contributed by atoms with van der Waals surface area (Å²) < 4.78 is 0. The lowest BCUT2D eigenvalue weighted by molar-refractivity contribution is 0.125. The van der Waals surface area contributed by atoms with Crippen LogP contribution < -0.4 is 0 Å². The molecule has 2 bridgehead atoms. The summed E-state index contributed by atoms with van der Waals surface area (Å²) in [6.07, 6.45) is 6.38. The second kappa shape index (κ2) is 4.70. The Labute approximate surface area is 110 Å². The lowest BCUT2D eigenvalue weighted by Crippen LogP contribution is -2.14. The van der Waals surface area contributed by atoms with Crippen molar-refractivity contribution in [3.63, 3.8) is 0 Å². The normalized spacial score (nSPS) is 31.8. The summed E-state index contributed by atoms with van der Waals surface area (Å²) in [6.45, 7) is 4.23. The molecule has 4 atom stereocenters. The lowest BCUT2D eigenvalue weighted by Gasteiger charge is -2.25. The molecular weight excluding hydrogens is 220 g/mol. The molecule has 2 fully saturated rings. The summed E-state index contributed by atoms with van der Waals surface area (Å²) in [4.78, 5) is 0. The Balaban J connectivity index is 1.69. The van der Waals surface area contributed by atoms with Crippen LogP contribution in [-0.4, -0.2) is 5.11 Å². The molecule has 1 aromatic rings. The first-order valence-electron chi connectivity index (χ1n) is 7.38. The van der Waals surface area contributed by atoms with Crippen molar-refractivity contribution in [2.45, 2.75) is 52.1 Å². The molecule has 3 rings (SSSR count). The van der Waals surface area contributed by atoms with Gasteiger partial charge in [-0.2, -0.15) is 0 Å². The van der Waals surface area contributed by atoms with Crippen LogP contribution in [0.25, 0.3) is 0 Å². The van der Waals surface area contributed by atoms with Gasteiger partial charge in [0.2, 0.25) is 0 Å². The van der Waals surface area contributed by atoms with Gasteiger partial charge in [0.1, 0.15) is 0 Å². The number of aryl methyl sites for hydroxylation is 2. The zero-order chi connectivity index (χ0) is 12.7. The van der Waals surface area contributed by atoms with Gasteiger partial charge in [-0.25, -0.2) is 0 Å². The van der Waals surface area contributed by atoms with Gasteiger partial charge >= 0.3 is 0 Å². The third-order valence-corrected chi connectivity index (χ3v) is 5.19. The largest absolute Gasteiger partial charge is 0.388 e. The molecule has 0 spiro atoms. The Morgan fingerprint density at radius 1 is 1.22 bits per heavy atom. The lowest BCUT2D eigenvalue weighted by atomic mass is 9.83. The molecule has 1 aromatic carbocycles. The van der Waals surface area contributed by atoms with Gasteiger partial charge in [0.05, 0.1) is 6.10 Å². The van der Waals surface area contributed by atoms with Crippen molar-refractivity contribution in [3.05, 3.63) is 34.9 Å². The summed E-state index contributed by atoms with van der Waals surface area (Å²) in [7, 11) is 0. The second-order valence-electron chi connectivity index (χ2n) is 6.55. The minimum Gasteiger partial charge on any atom is -0.388 e. The smallest absolute Gasteiger partial charge is 0.0795 e. The van der Waals surface area contributed by atoms with E-state index in [1.165, 1.54) is 36.8 Å². The Morgan fingerprint density at radius 3 is 2.67 bits per heavy atom. The van der Waals surface area contributed by atoms with Gasteiger partial charge in [0.15, 0.2) is 0 Å². The van der Waals surface area contributed by atoms with Crippen molar-refractivity contribution in [3.8, 4) is 0 Å². The zero-order valence-electron chi connectivity index (χ0n) is 11.5. The van der Waals surface area contributed by atoms with Gasteiger partial charge in [0, 0.05) is 0 Å². The molecule has 0 amide bonds. The first kappa shape index (κ1) is 12.2. The van der Waals surface area contributed by atoms with E-state index in [0.29, 0.717) is 0 Å². The van der Waals surface area contributed by atoms with Gasteiger partial charge in [-0.15, -0.1) is 0 Å². The highest BCUT2D eigenvalue weighted by Gasteiger charge is 2.40. The SMILES string of the molecule is Cc1ccc(C(O)CC2CC3CCC2C3)c(C)c1. The summed E-state index contributed by atoms with van der Waals surface area (Å²) in [5.74, 6) is 2.67. The molecule has 2 aliphatic rings. The van der Waals surface area contributed by atoms with Crippen LogP contribution >= 0.6 is 0 Å². The standard InChI is InChI=1S/C17H24O/c1-11-3-6-16(12(2)7-11)17(18)10-15-9-13-4-5-14(15)8-13/h3,6-7,13-15,17-18H,4-5,8-10H2,1-2H3. The van der Waals surface area contributed by atoms with E-state index in [1.807, 2.05) is 0 Å². The van der Waals surface area contributed by atoms with Crippen LogP contribution in [0.3, 0.4) is 0 Å². The maximum absolute atomic E-state index is 10.5. The molecule has 1 nitrogen and oxygen atoms in total. The van der Waals surface area contributed by atoms with E-state index < -0.39 is 0 Å². The molecule has 4 unspecified atom stereocenters. The van der Waals surface area contributed by atoms with Crippen molar-refractivity contribution in [2.24, 2.45) is 17.8 Å². The molecule has 0 saturated heterocycles. The highest BCUT2D eigenvalue weighted by Crippen LogP contribution is 2.51. The molecule has 2 saturated carbocycles. The number of benzene rings is 1. The van der Waals surface area contributed by atoms with Crippen molar-refractivity contribution in [2.75, 3.05) is 0 Å². The third kappa shape index (κ3) is 2.21. The van der Waals surface area contributed by atoms with Gasteiger partial charge in [-0.1, -0.05) is 30.2 Å². The van der Waals surface area contributed by atoms with Gasteiger partial charge < -0.3 is 5.11 Å². The highest BCUT2D eigenvalue weighted by molar-refractivity contribution is 5.32. The van der Waals surface area contributed by atoms with E-state index in [4.69, 9.17) is 0 Å². The maximum atomic E-state index is 10.5. The molecule has 0 aliphatic heterocycles. The number of aliphatic hydroxyl groups is 1. The predicted octanol–water partition coefficient (Wildman–Crippen LogP) is 4.16. The quantitative estimate of drug-likeness (QED) is 0.846. The average Bonchev–Trinajstić information content (AvgIpc) is 2.90. The van der Waals surface area contributed by atoms with E-state index in [1.54, 1.807) is 0 Å². The Hall–Kier alpha value is -0.820. The molecule has 1 N–H and O–H groups in total. The third-order valence-electron chi connectivity index (χ3n) is 5.19. The van der Waals surface area contributed by atoms with Crippen LogP contribution in [-0.2, 0) is 0 Å². The predicted molar refractivity (Wildman–Crippen MR) is 74.4 cm³/mol. The molecule has 0 aromatic heterocycles. The van der Waals surface area contributed by atoms with Gasteiger partial charge in [-0.3, -0.25) is 0 Å². The van der Waals surface area contributed by atoms with E-state index in [9.17, 15) is 5.11 Å². The van der Waals surface area contributed by atoms with Crippen LogP contribution in [0.1, 0.15) is 54.9 Å². The monoisotopic (exact) mass is 244 g/mol. The Kier molecular flexibility index (Phi) is 3.19. The molecule has 98 valence electrons. The first-order chi connectivity index (χ1) is 8.63.